The molecule has 0 bridgehead atoms. The fourth-order valence-corrected chi connectivity index (χ4v) is 3.13. The Morgan fingerprint density at radius 1 is 1.45 bits per heavy atom. The zero-order chi connectivity index (χ0) is 14.5. The summed E-state index contributed by atoms with van der Waals surface area (Å²) in [6.45, 7) is 10.3. The number of nitrogens with zero attached hydrogens (tertiary/aromatic N) is 1. The lowest BCUT2D eigenvalue weighted by Crippen LogP contribution is -2.30. The van der Waals surface area contributed by atoms with Gasteiger partial charge in [-0.25, -0.2) is 0 Å². The average Bonchev–Trinajstić information content (AvgIpc) is 2.61. The van der Waals surface area contributed by atoms with E-state index < -0.39 is 0 Å². The molecule has 1 fully saturated rings. The molecule has 112 valence electrons. The highest BCUT2D eigenvalue weighted by molar-refractivity contribution is 9.10. The van der Waals surface area contributed by atoms with Crippen molar-refractivity contribution in [2.45, 2.75) is 45.9 Å². The largest absolute Gasteiger partial charge is 0.377 e. The van der Waals surface area contributed by atoms with Crippen molar-refractivity contribution < 1.29 is 4.74 Å². The van der Waals surface area contributed by atoms with Gasteiger partial charge in [-0.1, -0.05) is 19.9 Å². The van der Waals surface area contributed by atoms with Crippen molar-refractivity contribution in [2.75, 3.05) is 24.6 Å². The van der Waals surface area contributed by atoms with E-state index in [1.165, 1.54) is 15.7 Å². The van der Waals surface area contributed by atoms with Gasteiger partial charge in [0, 0.05) is 36.8 Å². The first-order chi connectivity index (χ1) is 9.56. The lowest BCUT2D eigenvalue weighted by molar-refractivity contribution is 0.0821. The van der Waals surface area contributed by atoms with Crippen LogP contribution in [0.2, 0.25) is 0 Å². The minimum absolute atomic E-state index is 0.298. The third-order valence-electron chi connectivity index (χ3n) is 3.52. The third-order valence-corrected chi connectivity index (χ3v) is 4.15. The topological polar surface area (TPSA) is 24.5 Å². The Labute approximate surface area is 130 Å². The molecule has 1 heterocycles. The summed E-state index contributed by atoms with van der Waals surface area (Å²) in [6.07, 6.45) is 1.39. The van der Waals surface area contributed by atoms with Crippen LogP contribution in [0.15, 0.2) is 22.7 Å². The van der Waals surface area contributed by atoms with Crippen LogP contribution >= 0.6 is 15.9 Å². The molecule has 0 radical (unpaired) electrons. The second-order valence-corrected chi connectivity index (χ2v) is 6.66. The fraction of sp³-hybridized carbons (Fsp3) is 0.625. The number of rotatable bonds is 4. The summed E-state index contributed by atoms with van der Waals surface area (Å²) in [7, 11) is 0. The first kappa shape index (κ1) is 15.8. The van der Waals surface area contributed by atoms with Crippen molar-refractivity contribution in [3.63, 3.8) is 0 Å². The van der Waals surface area contributed by atoms with Crippen LogP contribution in [0.5, 0.6) is 0 Å². The summed E-state index contributed by atoms with van der Waals surface area (Å²) in [4.78, 5) is 2.42. The lowest BCUT2D eigenvalue weighted by atomic mass is 10.1. The van der Waals surface area contributed by atoms with E-state index in [1.807, 2.05) is 0 Å². The molecule has 0 aromatic heterocycles. The molecular formula is C16H25BrN2O. The van der Waals surface area contributed by atoms with Crippen LogP contribution in [0, 0.1) is 0 Å². The van der Waals surface area contributed by atoms with Crippen LogP contribution in [-0.2, 0) is 11.3 Å². The van der Waals surface area contributed by atoms with Gasteiger partial charge in [0.1, 0.15) is 0 Å². The van der Waals surface area contributed by atoms with E-state index in [9.17, 15) is 0 Å². The summed E-state index contributed by atoms with van der Waals surface area (Å²) >= 11 is 3.72. The van der Waals surface area contributed by atoms with Crippen molar-refractivity contribution in [1.29, 1.82) is 0 Å². The van der Waals surface area contributed by atoms with Crippen LogP contribution in [0.25, 0.3) is 0 Å². The first-order valence-corrected chi connectivity index (χ1v) is 8.24. The summed E-state index contributed by atoms with van der Waals surface area (Å²) in [5.41, 5.74) is 2.59. The number of hydrogen-bond donors (Lipinski definition) is 1. The molecule has 0 amide bonds. The van der Waals surface area contributed by atoms with Gasteiger partial charge >= 0.3 is 0 Å². The molecule has 1 atom stereocenters. The minimum Gasteiger partial charge on any atom is -0.377 e. The van der Waals surface area contributed by atoms with Gasteiger partial charge in [-0.15, -0.1) is 0 Å². The van der Waals surface area contributed by atoms with Crippen LogP contribution in [0.3, 0.4) is 0 Å². The monoisotopic (exact) mass is 340 g/mol. The standard InChI is InChI=1S/C16H25BrN2O/c1-12(2)18-10-14-5-6-16(15(17)9-14)19-7-4-8-20-13(3)11-19/h5-6,9,12-13,18H,4,7-8,10-11H2,1-3H3. The van der Waals surface area contributed by atoms with Gasteiger partial charge in [0.25, 0.3) is 0 Å². The summed E-state index contributed by atoms with van der Waals surface area (Å²) in [6, 6.07) is 7.17. The molecule has 1 aromatic carbocycles. The third kappa shape index (κ3) is 4.47. The Kier molecular flexibility index (Phi) is 5.87. The molecule has 1 saturated heterocycles. The molecule has 1 aromatic rings. The maximum absolute atomic E-state index is 5.72. The Morgan fingerprint density at radius 3 is 2.95 bits per heavy atom. The number of halogens is 1. The highest BCUT2D eigenvalue weighted by atomic mass is 79.9. The first-order valence-electron chi connectivity index (χ1n) is 7.44. The van der Waals surface area contributed by atoms with E-state index >= 15 is 0 Å². The summed E-state index contributed by atoms with van der Waals surface area (Å²) < 4.78 is 6.89. The second kappa shape index (κ2) is 7.43. The maximum Gasteiger partial charge on any atom is 0.0721 e. The summed E-state index contributed by atoms with van der Waals surface area (Å²) in [5, 5.41) is 3.45. The van der Waals surface area contributed by atoms with Crippen LogP contribution in [0.4, 0.5) is 5.69 Å². The van der Waals surface area contributed by atoms with E-state index in [4.69, 9.17) is 4.74 Å². The molecule has 20 heavy (non-hydrogen) atoms. The van der Waals surface area contributed by atoms with Crippen LogP contribution in [0.1, 0.15) is 32.8 Å². The van der Waals surface area contributed by atoms with Crippen molar-refractivity contribution in [1.82, 2.24) is 5.32 Å². The SMILES string of the molecule is CC(C)NCc1ccc(N2CCCOC(C)C2)c(Br)c1. The highest BCUT2D eigenvalue weighted by Gasteiger charge is 2.17. The number of nitrogens with one attached hydrogen (secondary N) is 1. The van der Waals surface area contributed by atoms with Crippen molar-refractivity contribution in [2.24, 2.45) is 0 Å². The smallest absolute Gasteiger partial charge is 0.0721 e. The Bertz CT molecular complexity index is 436. The van der Waals surface area contributed by atoms with Gasteiger partial charge in [-0.2, -0.15) is 0 Å². The van der Waals surface area contributed by atoms with E-state index in [0.717, 1.165) is 32.7 Å². The predicted molar refractivity (Wildman–Crippen MR) is 88.4 cm³/mol. The predicted octanol–water partition coefficient (Wildman–Crippen LogP) is 3.56. The molecule has 0 aliphatic carbocycles. The Balaban J connectivity index is 2.08. The zero-order valence-corrected chi connectivity index (χ0v) is 14.2. The number of anilines is 1. The van der Waals surface area contributed by atoms with Gasteiger partial charge in [0.05, 0.1) is 11.8 Å². The van der Waals surface area contributed by atoms with Gasteiger partial charge in [0.2, 0.25) is 0 Å². The van der Waals surface area contributed by atoms with Crippen molar-refractivity contribution in [3.8, 4) is 0 Å². The number of ether oxygens (including phenoxy) is 1. The second-order valence-electron chi connectivity index (χ2n) is 5.80. The molecule has 1 aliphatic rings. The molecule has 3 nitrogen and oxygen atoms in total. The lowest BCUT2D eigenvalue weighted by Gasteiger charge is -2.26. The molecular weight excluding hydrogens is 316 g/mol. The van der Waals surface area contributed by atoms with Crippen LogP contribution in [-0.4, -0.2) is 31.8 Å². The fourth-order valence-electron chi connectivity index (χ4n) is 2.45. The number of benzene rings is 1. The van der Waals surface area contributed by atoms with E-state index in [2.05, 4.69) is 65.1 Å². The zero-order valence-electron chi connectivity index (χ0n) is 12.7. The average molecular weight is 341 g/mol. The van der Waals surface area contributed by atoms with Gasteiger partial charge in [0.15, 0.2) is 0 Å². The minimum atomic E-state index is 0.298. The molecule has 1 unspecified atom stereocenters. The van der Waals surface area contributed by atoms with E-state index in [1.54, 1.807) is 0 Å². The molecule has 1 N–H and O–H groups in total. The van der Waals surface area contributed by atoms with Crippen LogP contribution < -0.4 is 10.2 Å². The molecule has 0 saturated carbocycles. The van der Waals surface area contributed by atoms with Gasteiger partial charge < -0.3 is 15.0 Å². The van der Waals surface area contributed by atoms with E-state index in [0.29, 0.717) is 12.1 Å². The van der Waals surface area contributed by atoms with Crippen molar-refractivity contribution >= 4 is 21.6 Å². The Hall–Kier alpha value is -0.580. The molecule has 2 rings (SSSR count). The van der Waals surface area contributed by atoms with E-state index in [-0.39, 0.29) is 0 Å². The normalized spacial score (nSPS) is 20.2. The molecule has 4 heteroatoms. The Morgan fingerprint density at radius 2 is 2.25 bits per heavy atom. The molecule has 1 aliphatic heterocycles. The number of hydrogen-bond acceptors (Lipinski definition) is 3. The highest BCUT2D eigenvalue weighted by Crippen LogP contribution is 2.28. The van der Waals surface area contributed by atoms with Gasteiger partial charge in [-0.05, 0) is 47.0 Å². The quantitative estimate of drug-likeness (QED) is 0.906. The summed E-state index contributed by atoms with van der Waals surface area (Å²) in [5.74, 6) is 0. The van der Waals surface area contributed by atoms with Crippen molar-refractivity contribution in [3.05, 3.63) is 28.2 Å². The maximum atomic E-state index is 5.72. The van der Waals surface area contributed by atoms with Gasteiger partial charge in [-0.3, -0.25) is 0 Å². The molecule has 0 spiro atoms.